The molecule has 1 aromatic heterocycles. The van der Waals surface area contributed by atoms with E-state index in [9.17, 15) is 4.79 Å². The van der Waals surface area contributed by atoms with Crippen LogP contribution in [0.5, 0.6) is 5.75 Å². The van der Waals surface area contributed by atoms with Gasteiger partial charge in [-0.2, -0.15) is 0 Å². The number of unbranched alkanes of at least 4 members (excludes halogenated alkanes) is 5. The van der Waals surface area contributed by atoms with Crippen LogP contribution in [0.4, 0.5) is 0 Å². The summed E-state index contributed by atoms with van der Waals surface area (Å²) in [6.45, 7) is 5.02. The predicted octanol–water partition coefficient (Wildman–Crippen LogP) is 6.46. The molecule has 0 fully saturated rings. The van der Waals surface area contributed by atoms with Crippen LogP contribution in [-0.2, 0) is 0 Å². The molecule has 0 atom stereocenters. The minimum atomic E-state index is 0.109. The number of hydrogen-bond donors (Lipinski definition) is 0. The van der Waals surface area contributed by atoms with E-state index in [0.717, 1.165) is 44.5 Å². The molecule has 0 unspecified atom stereocenters. The minimum absolute atomic E-state index is 0.109. The number of benzene rings is 2. The minimum Gasteiger partial charge on any atom is -0.494 e. The van der Waals surface area contributed by atoms with Gasteiger partial charge >= 0.3 is 0 Å². The number of aryl methyl sites for hydroxylation is 1. The summed E-state index contributed by atoms with van der Waals surface area (Å²) < 4.78 is 8.04. The maximum Gasteiger partial charge on any atom is 0.196 e. The maximum atomic E-state index is 12.8. The second kappa shape index (κ2) is 8.48. The van der Waals surface area contributed by atoms with Crippen molar-refractivity contribution in [2.75, 3.05) is 6.61 Å². The highest BCUT2D eigenvalue weighted by atomic mass is 32.1. The number of ether oxygens (including phenoxy) is 1. The summed E-state index contributed by atoms with van der Waals surface area (Å²) in [5.41, 5.74) is 1.22. The van der Waals surface area contributed by atoms with Crippen LogP contribution < -0.4 is 10.2 Å². The lowest BCUT2D eigenvalue weighted by atomic mass is 10.1. The topological polar surface area (TPSA) is 26.3 Å². The first kappa shape index (κ1) is 17.9. The molecule has 25 heavy (non-hydrogen) atoms. The second-order valence-electron chi connectivity index (χ2n) is 6.66. The van der Waals surface area contributed by atoms with Crippen LogP contribution in [0.25, 0.3) is 20.2 Å². The van der Waals surface area contributed by atoms with E-state index in [4.69, 9.17) is 4.74 Å². The highest BCUT2D eigenvalue weighted by Gasteiger charge is 2.09. The van der Waals surface area contributed by atoms with Crippen molar-refractivity contribution in [1.82, 2.24) is 0 Å². The van der Waals surface area contributed by atoms with E-state index in [1.54, 1.807) is 11.3 Å². The van der Waals surface area contributed by atoms with Crippen molar-refractivity contribution in [1.29, 1.82) is 0 Å². The molecule has 3 rings (SSSR count). The number of rotatable bonds is 8. The quantitative estimate of drug-likeness (QED) is 0.342. The summed E-state index contributed by atoms with van der Waals surface area (Å²) in [5.74, 6) is 0.818. The van der Waals surface area contributed by atoms with E-state index in [2.05, 4.69) is 19.9 Å². The lowest BCUT2D eigenvalue weighted by Gasteiger charge is -2.10. The zero-order valence-corrected chi connectivity index (χ0v) is 16.0. The normalized spacial score (nSPS) is 11.3. The number of hydrogen-bond acceptors (Lipinski definition) is 3. The molecule has 0 saturated heterocycles. The van der Waals surface area contributed by atoms with Crippen LogP contribution in [0.3, 0.4) is 0 Å². The van der Waals surface area contributed by atoms with E-state index in [1.165, 1.54) is 32.1 Å². The summed E-state index contributed by atoms with van der Waals surface area (Å²) in [6.07, 6.45) is 7.50. The zero-order chi connectivity index (χ0) is 17.6. The Balaban J connectivity index is 1.76. The van der Waals surface area contributed by atoms with Crippen LogP contribution in [0.1, 0.15) is 51.0 Å². The van der Waals surface area contributed by atoms with Crippen molar-refractivity contribution in [2.45, 2.75) is 52.4 Å². The van der Waals surface area contributed by atoms with E-state index < -0.39 is 0 Å². The molecule has 2 nitrogen and oxygen atoms in total. The van der Waals surface area contributed by atoms with Crippen molar-refractivity contribution in [3.63, 3.8) is 0 Å². The van der Waals surface area contributed by atoms with Gasteiger partial charge in [0.15, 0.2) is 5.43 Å². The Morgan fingerprint density at radius 2 is 1.72 bits per heavy atom. The standard InChI is InChI=1S/C22H26O2S/c1-3-4-5-6-7-10-13-24-17-14-16(2)22-19(15-17)21(23)18-11-8-9-12-20(18)25-22/h8-9,11-12,14-15H,3-7,10,13H2,1-2H3. The highest BCUT2D eigenvalue weighted by molar-refractivity contribution is 7.24. The summed E-state index contributed by atoms with van der Waals surface area (Å²) >= 11 is 1.68. The van der Waals surface area contributed by atoms with Crippen molar-refractivity contribution < 1.29 is 4.74 Å². The van der Waals surface area contributed by atoms with Gasteiger partial charge in [0, 0.05) is 20.2 Å². The van der Waals surface area contributed by atoms with Gasteiger partial charge < -0.3 is 4.74 Å². The van der Waals surface area contributed by atoms with Crippen LogP contribution >= 0.6 is 11.3 Å². The summed E-state index contributed by atoms with van der Waals surface area (Å²) in [5, 5.41) is 1.58. The maximum absolute atomic E-state index is 12.8. The van der Waals surface area contributed by atoms with Crippen LogP contribution in [-0.4, -0.2) is 6.61 Å². The molecular formula is C22H26O2S. The first-order valence-electron chi connectivity index (χ1n) is 9.29. The Morgan fingerprint density at radius 3 is 2.56 bits per heavy atom. The van der Waals surface area contributed by atoms with Gasteiger partial charge in [0.25, 0.3) is 0 Å². The fraction of sp³-hybridized carbons (Fsp3) is 0.409. The van der Waals surface area contributed by atoms with Gasteiger partial charge in [-0.25, -0.2) is 0 Å². The molecular weight excluding hydrogens is 328 g/mol. The molecule has 0 spiro atoms. The molecule has 0 saturated carbocycles. The Morgan fingerprint density at radius 1 is 0.960 bits per heavy atom. The van der Waals surface area contributed by atoms with Gasteiger partial charge in [-0.1, -0.05) is 51.2 Å². The number of fused-ring (bicyclic) bond motifs is 2. The largest absolute Gasteiger partial charge is 0.494 e. The molecule has 132 valence electrons. The predicted molar refractivity (Wildman–Crippen MR) is 109 cm³/mol. The highest BCUT2D eigenvalue weighted by Crippen LogP contribution is 2.30. The molecule has 3 aromatic rings. The lowest BCUT2D eigenvalue weighted by Crippen LogP contribution is -2.03. The SMILES string of the molecule is CCCCCCCCOc1cc(C)c2sc3ccccc3c(=O)c2c1. The molecule has 0 bridgehead atoms. The molecule has 0 aliphatic heterocycles. The average molecular weight is 355 g/mol. The Labute approximate surface area is 153 Å². The third-order valence-electron chi connectivity index (χ3n) is 4.60. The fourth-order valence-electron chi connectivity index (χ4n) is 3.20. The van der Waals surface area contributed by atoms with E-state index in [1.807, 2.05) is 30.3 Å². The second-order valence-corrected chi connectivity index (χ2v) is 7.71. The molecule has 0 N–H and O–H groups in total. The van der Waals surface area contributed by atoms with Crippen molar-refractivity contribution in [2.24, 2.45) is 0 Å². The Hall–Kier alpha value is -1.87. The molecule has 0 aliphatic carbocycles. The molecule has 2 aromatic carbocycles. The summed E-state index contributed by atoms with van der Waals surface area (Å²) in [4.78, 5) is 12.8. The Kier molecular flexibility index (Phi) is 6.09. The van der Waals surface area contributed by atoms with E-state index >= 15 is 0 Å². The van der Waals surface area contributed by atoms with Crippen molar-refractivity contribution in [3.05, 3.63) is 52.2 Å². The Bertz CT molecular complexity index is 911. The van der Waals surface area contributed by atoms with Gasteiger partial charge in [-0.15, -0.1) is 11.3 Å². The first-order chi connectivity index (χ1) is 12.2. The van der Waals surface area contributed by atoms with Crippen LogP contribution in [0.2, 0.25) is 0 Å². The van der Waals surface area contributed by atoms with Crippen LogP contribution in [0.15, 0.2) is 41.2 Å². The monoisotopic (exact) mass is 354 g/mol. The van der Waals surface area contributed by atoms with Gasteiger partial charge in [-0.3, -0.25) is 4.79 Å². The third kappa shape index (κ3) is 4.21. The van der Waals surface area contributed by atoms with Gasteiger partial charge in [0.05, 0.1) is 6.61 Å². The summed E-state index contributed by atoms with van der Waals surface area (Å²) in [7, 11) is 0. The lowest BCUT2D eigenvalue weighted by molar-refractivity contribution is 0.304. The molecule has 1 heterocycles. The molecule has 0 radical (unpaired) electrons. The van der Waals surface area contributed by atoms with Crippen LogP contribution in [0, 0.1) is 6.92 Å². The smallest absolute Gasteiger partial charge is 0.196 e. The van der Waals surface area contributed by atoms with Gasteiger partial charge in [0.2, 0.25) is 0 Å². The van der Waals surface area contributed by atoms with Crippen molar-refractivity contribution in [3.8, 4) is 5.75 Å². The third-order valence-corrected chi connectivity index (χ3v) is 5.93. The summed E-state index contributed by atoms with van der Waals surface area (Å²) in [6, 6.07) is 11.8. The van der Waals surface area contributed by atoms with Gasteiger partial charge in [-0.05, 0) is 43.2 Å². The molecule has 0 aliphatic rings. The molecule has 0 amide bonds. The molecule has 3 heteroatoms. The van der Waals surface area contributed by atoms with Gasteiger partial charge in [0.1, 0.15) is 5.75 Å². The van der Waals surface area contributed by atoms with E-state index in [-0.39, 0.29) is 5.43 Å². The van der Waals surface area contributed by atoms with Crippen molar-refractivity contribution >= 4 is 31.5 Å². The fourth-order valence-corrected chi connectivity index (χ4v) is 4.32. The first-order valence-corrected chi connectivity index (χ1v) is 10.1. The zero-order valence-electron chi connectivity index (χ0n) is 15.1. The average Bonchev–Trinajstić information content (AvgIpc) is 2.62. The van der Waals surface area contributed by atoms with E-state index in [0.29, 0.717) is 0 Å².